The van der Waals surface area contributed by atoms with Crippen LogP contribution < -0.4 is 10.6 Å². The number of rotatable bonds is 3. The SMILES string of the molecule is O=C(NC1CCN(C2CC2)CC1)c1ccc2c(c1)CNC2. The van der Waals surface area contributed by atoms with Crippen LogP contribution in [0.15, 0.2) is 18.2 Å². The van der Waals surface area contributed by atoms with Crippen LogP contribution in [0.3, 0.4) is 0 Å². The molecule has 21 heavy (non-hydrogen) atoms. The van der Waals surface area contributed by atoms with Crippen LogP contribution in [-0.4, -0.2) is 36.0 Å². The number of nitrogens with zero attached hydrogens (tertiary/aromatic N) is 1. The fourth-order valence-corrected chi connectivity index (χ4v) is 3.55. The van der Waals surface area contributed by atoms with E-state index in [1.807, 2.05) is 12.1 Å². The molecule has 112 valence electrons. The van der Waals surface area contributed by atoms with Gasteiger partial charge in [-0.05, 0) is 48.9 Å². The van der Waals surface area contributed by atoms with E-state index in [4.69, 9.17) is 0 Å². The van der Waals surface area contributed by atoms with Crippen LogP contribution in [0.4, 0.5) is 0 Å². The number of likely N-dealkylation sites (tertiary alicyclic amines) is 1. The summed E-state index contributed by atoms with van der Waals surface area (Å²) in [4.78, 5) is 15.0. The van der Waals surface area contributed by atoms with Crippen LogP contribution >= 0.6 is 0 Å². The Kier molecular flexibility index (Phi) is 3.43. The predicted octanol–water partition coefficient (Wildman–Crippen LogP) is 1.65. The summed E-state index contributed by atoms with van der Waals surface area (Å²) in [6.45, 7) is 4.10. The molecule has 1 saturated heterocycles. The molecule has 2 fully saturated rings. The van der Waals surface area contributed by atoms with E-state index in [-0.39, 0.29) is 5.91 Å². The number of hydrogen-bond acceptors (Lipinski definition) is 3. The number of carbonyl (C=O) groups excluding carboxylic acids is 1. The quantitative estimate of drug-likeness (QED) is 0.887. The van der Waals surface area contributed by atoms with Crippen molar-refractivity contribution in [3.8, 4) is 0 Å². The molecule has 0 atom stereocenters. The average molecular weight is 285 g/mol. The second kappa shape index (κ2) is 5.43. The van der Waals surface area contributed by atoms with E-state index in [1.165, 1.54) is 24.0 Å². The van der Waals surface area contributed by atoms with Crippen molar-refractivity contribution in [2.75, 3.05) is 13.1 Å². The zero-order chi connectivity index (χ0) is 14.2. The number of piperidine rings is 1. The van der Waals surface area contributed by atoms with Crippen LogP contribution in [0.2, 0.25) is 0 Å². The minimum absolute atomic E-state index is 0.0922. The highest BCUT2D eigenvalue weighted by Crippen LogP contribution is 2.29. The van der Waals surface area contributed by atoms with E-state index in [0.29, 0.717) is 6.04 Å². The fraction of sp³-hybridized carbons (Fsp3) is 0.588. The maximum Gasteiger partial charge on any atom is 0.251 e. The van der Waals surface area contributed by atoms with Gasteiger partial charge in [-0.25, -0.2) is 0 Å². The molecule has 0 bridgehead atoms. The second-order valence-electron chi connectivity index (χ2n) is 6.60. The lowest BCUT2D eigenvalue weighted by atomic mass is 10.0. The minimum atomic E-state index is 0.0922. The molecule has 4 nitrogen and oxygen atoms in total. The van der Waals surface area contributed by atoms with E-state index >= 15 is 0 Å². The molecule has 2 heterocycles. The number of amides is 1. The number of benzene rings is 1. The molecule has 1 aliphatic carbocycles. The summed E-state index contributed by atoms with van der Waals surface area (Å²) >= 11 is 0. The number of nitrogens with one attached hydrogen (secondary N) is 2. The lowest BCUT2D eigenvalue weighted by Crippen LogP contribution is -2.45. The Morgan fingerprint density at radius 2 is 1.86 bits per heavy atom. The van der Waals surface area contributed by atoms with Gasteiger partial charge in [0.1, 0.15) is 0 Å². The third kappa shape index (κ3) is 2.83. The third-order valence-corrected chi connectivity index (χ3v) is 5.03. The molecule has 0 aromatic heterocycles. The summed E-state index contributed by atoms with van der Waals surface area (Å²) in [5.41, 5.74) is 3.40. The molecule has 1 aromatic carbocycles. The van der Waals surface area contributed by atoms with Gasteiger partial charge in [-0.2, -0.15) is 0 Å². The first-order chi connectivity index (χ1) is 10.3. The van der Waals surface area contributed by atoms with Gasteiger partial charge in [-0.3, -0.25) is 4.79 Å². The first-order valence-electron chi connectivity index (χ1n) is 8.17. The maximum atomic E-state index is 12.4. The lowest BCUT2D eigenvalue weighted by Gasteiger charge is -2.32. The second-order valence-corrected chi connectivity index (χ2v) is 6.60. The largest absolute Gasteiger partial charge is 0.349 e. The van der Waals surface area contributed by atoms with Crippen LogP contribution in [0, 0.1) is 0 Å². The first kappa shape index (κ1) is 13.3. The Labute approximate surface area is 125 Å². The maximum absolute atomic E-state index is 12.4. The molecular formula is C17H23N3O. The van der Waals surface area contributed by atoms with E-state index in [9.17, 15) is 4.79 Å². The summed E-state index contributed by atoms with van der Waals surface area (Å²) in [5.74, 6) is 0.0922. The number of hydrogen-bond donors (Lipinski definition) is 2. The molecule has 0 unspecified atom stereocenters. The third-order valence-electron chi connectivity index (χ3n) is 5.03. The van der Waals surface area contributed by atoms with Crippen molar-refractivity contribution in [1.29, 1.82) is 0 Å². The topological polar surface area (TPSA) is 44.4 Å². The highest BCUT2D eigenvalue weighted by Gasteiger charge is 2.32. The molecule has 2 aliphatic heterocycles. The zero-order valence-electron chi connectivity index (χ0n) is 12.4. The summed E-state index contributed by atoms with van der Waals surface area (Å²) in [6, 6.07) is 7.29. The van der Waals surface area contributed by atoms with Gasteiger partial charge in [0.15, 0.2) is 0 Å². The van der Waals surface area contributed by atoms with E-state index in [1.54, 1.807) is 0 Å². The molecule has 4 heteroatoms. The molecule has 1 amide bonds. The van der Waals surface area contributed by atoms with Gasteiger partial charge in [0, 0.05) is 43.8 Å². The highest BCUT2D eigenvalue weighted by molar-refractivity contribution is 5.94. The molecule has 2 N–H and O–H groups in total. The van der Waals surface area contributed by atoms with Crippen molar-refractivity contribution in [1.82, 2.24) is 15.5 Å². The van der Waals surface area contributed by atoms with Gasteiger partial charge in [0.05, 0.1) is 0 Å². The van der Waals surface area contributed by atoms with Crippen LogP contribution in [0.1, 0.15) is 47.2 Å². The average Bonchev–Trinajstić information content (AvgIpc) is 3.25. The van der Waals surface area contributed by atoms with Crippen molar-refractivity contribution < 1.29 is 4.79 Å². The van der Waals surface area contributed by atoms with Crippen molar-refractivity contribution in [3.63, 3.8) is 0 Å². The van der Waals surface area contributed by atoms with E-state index in [2.05, 4.69) is 21.6 Å². The normalized spacial score (nSPS) is 23.0. The smallest absolute Gasteiger partial charge is 0.251 e. The summed E-state index contributed by atoms with van der Waals surface area (Å²) in [5, 5.41) is 6.54. The van der Waals surface area contributed by atoms with Gasteiger partial charge in [0.25, 0.3) is 5.91 Å². The number of carbonyl (C=O) groups is 1. The van der Waals surface area contributed by atoms with Crippen molar-refractivity contribution in [3.05, 3.63) is 34.9 Å². The van der Waals surface area contributed by atoms with Gasteiger partial charge in [0.2, 0.25) is 0 Å². The molecule has 1 aromatic rings. The zero-order valence-corrected chi connectivity index (χ0v) is 12.4. The minimum Gasteiger partial charge on any atom is -0.349 e. The molecule has 1 saturated carbocycles. The Hall–Kier alpha value is -1.39. The van der Waals surface area contributed by atoms with Gasteiger partial charge >= 0.3 is 0 Å². The Bertz CT molecular complexity index is 545. The molecule has 3 aliphatic rings. The monoisotopic (exact) mass is 285 g/mol. The standard InChI is InChI=1S/C17H23N3O/c21-17(12-1-2-13-10-18-11-14(13)9-12)19-15-5-7-20(8-6-15)16-3-4-16/h1-2,9,15-16,18H,3-8,10-11H2,(H,19,21). The lowest BCUT2D eigenvalue weighted by molar-refractivity contribution is 0.0909. The summed E-state index contributed by atoms with van der Waals surface area (Å²) in [7, 11) is 0. The van der Waals surface area contributed by atoms with Crippen molar-refractivity contribution in [2.24, 2.45) is 0 Å². The number of fused-ring (bicyclic) bond motifs is 1. The van der Waals surface area contributed by atoms with Crippen molar-refractivity contribution in [2.45, 2.75) is 50.9 Å². The molecule has 4 rings (SSSR count). The molecule has 0 radical (unpaired) electrons. The Morgan fingerprint density at radius 3 is 2.62 bits per heavy atom. The van der Waals surface area contributed by atoms with Crippen LogP contribution in [-0.2, 0) is 13.1 Å². The van der Waals surface area contributed by atoms with Crippen molar-refractivity contribution >= 4 is 5.91 Å². The fourth-order valence-electron chi connectivity index (χ4n) is 3.55. The van der Waals surface area contributed by atoms with E-state index in [0.717, 1.165) is 50.6 Å². The van der Waals surface area contributed by atoms with Crippen LogP contribution in [0.25, 0.3) is 0 Å². The summed E-state index contributed by atoms with van der Waals surface area (Å²) in [6.07, 6.45) is 4.93. The van der Waals surface area contributed by atoms with Gasteiger partial charge < -0.3 is 15.5 Å². The Balaban J connectivity index is 1.35. The van der Waals surface area contributed by atoms with Gasteiger partial charge in [-0.15, -0.1) is 0 Å². The van der Waals surface area contributed by atoms with Gasteiger partial charge in [-0.1, -0.05) is 6.07 Å². The summed E-state index contributed by atoms with van der Waals surface area (Å²) < 4.78 is 0. The Morgan fingerprint density at radius 1 is 1.10 bits per heavy atom. The van der Waals surface area contributed by atoms with Crippen LogP contribution in [0.5, 0.6) is 0 Å². The first-order valence-corrected chi connectivity index (χ1v) is 8.17. The molecule has 0 spiro atoms. The van der Waals surface area contributed by atoms with E-state index < -0.39 is 0 Å². The molecular weight excluding hydrogens is 262 g/mol. The highest BCUT2D eigenvalue weighted by atomic mass is 16.1. The predicted molar refractivity (Wildman–Crippen MR) is 82.1 cm³/mol.